The van der Waals surface area contributed by atoms with E-state index in [0.717, 1.165) is 36.5 Å². The summed E-state index contributed by atoms with van der Waals surface area (Å²) in [6.45, 7) is 1.09. The number of benzene rings is 3. The lowest BCUT2D eigenvalue weighted by Crippen LogP contribution is -2.01. The van der Waals surface area contributed by atoms with Gasteiger partial charge in [-0.15, -0.1) is 0 Å². The Hall–Kier alpha value is -1.20. The maximum atomic E-state index is 6.18. The number of hydrogen-bond donors (Lipinski definition) is 1. The van der Waals surface area contributed by atoms with E-state index in [-0.39, 0.29) is 0 Å². The number of nitrogens with one attached hydrogen (secondary N) is 1. The van der Waals surface area contributed by atoms with Crippen molar-refractivity contribution >= 4 is 60.7 Å². The van der Waals surface area contributed by atoms with E-state index >= 15 is 0 Å². The Kier molecular flexibility index (Phi) is 6.87. The fourth-order valence-corrected chi connectivity index (χ4v) is 4.22. The van der Waals surface area contributed by atoms with Crippen LogP contribution in [0.5, 0.6) is 5.75 Å². The molecule has 0 saturated heterocycles. The average molecular weight is 516 g/mol. The summed E-state index contributed by atoms with van der Waals surface area (Å²) in [7, 11) is 0. The molecule has 0 aliphatic heterocycles. The molecule has 3 aromatic rings. The molecule has 134 valence electrons. The zero-order chi connectivity index (χ0) is 18.5. The SMILES string of the molecule is Clc1ccc(NCc2cc(Br)c(OCc3ccccc3Cl)c(Br)c2)cc1. The van der Waals surface area contributed by atoms with Crippen LogP contribution in [0.15, 0.2) is 69.6 Å². The van der Waals surface area contributed by atoms with Crippen molar-refractivity contribution in [3.05, 3.63) is 90.8 Å². The van der Waals surface area contributed by atoms with Crippen molar-refractivity contribution in [2.24, 2.45) is 0 Å². The molecule has 0 bridgehead atoms. The molecule has 1 N–H and O–H groups in total. The molecular formula is C20H15Br2Cl2NO. The third kappa shape index (κ3) is 5.17. The van der Waals surface area contributed by atoms with Crippen molar-refractivity contribution < 1.29 is 4.74 Å². The van der Waals surface area contributed by atoms with Gasteiger partial charge in [-0.2, -0.15) is 0 Å². The van der Waals surface area contributed by atoms with Gasteiger partial charge in [0.05, 0.1) is 8.95 Å². The second-order valence-electron chi connectivity index (χ2n) is 5.63. The lowest BCUT2D eigenvalue weighted by atomic mass is 10.2. The fraction of sp³-hybridized carbons (Fsp3) is 0.100. The van der Waals surface area contributed by atoms with Gasteiger partial charge in [-0.25, -0.2) is 0 Å². The van der Waals surface area contributed by atoms with Gasteiger partial charge in [-0.3, -0.25) is 0 Å². The van der Waals surface area contributed by atoms with Crippen molar-refractivity contribution in [2.75, 3.05) is 5.32 Å². The summed E-state index contributed by atoms with van der Waals surface area (Å²) >= 11 is 19.3. The lowest BCUT2D eigenvalue weighted by Gasteiger charge is -2.14. The smallest absolute Gasteiger partial charge is 0.148 e. The topological polar surface area (TPSA) is 21.3 Å². The van der Waals surface area contributed by atoms with Crippen LogP contribution in [0, 0.1) is 0 Å². The highest BCUT2D eigenvalue weighted by Gasteiger charge is 2.10. The van der Waals surface area contributed by atoms with E-state index in [4.69, 9.17) is 27.9 Å². The maximum Gasteiger partial charge on any atom is 0.148 e. The van der Waals surface area contributed by atoms with Crippen LogP contribution in [0.2, 0.25) is 10.0 Å². The van der Waals surface area contributed by atoms with Crippen LogP contribution in [0.4, 0.5) is 5.69 Å². The summed E-state index contributed by atoms with van der Waals surface area (Å²) in [6, 6.07) is 19.4. The van der Waals surface area contributed by atoms with E-state index in [1.54, 1.807) is 0 Å². The maximum absolute atomic E-state index is 6.18. The summed E-state index contributed by atoms with van der Waals surface area (Å²) in [5.41, 5.74) is 3.07. The molecule has 0 aliphatic rings. The van der Waals surface area contributed by atoms with Crippen molar-refractivity contribution in [3.8, 4) is 5.75 Å². The van der Waals surface area contributed by atoms with E-state index in [1.807, 2.05) is 60.7 Å². The quantitative estimate of drug-likeness (QED) is 0.363. The number of anilines is 1. The predicted molar refractivity (Wildman–Crippen MR) is 116 cm³/mol. The Bertz CT molecular complexity index is 878. The van der Waals surface area contributed by atoms with Gasteiger partial charge in [0.25, 0.3) is 0 Å². The van der Waals surface area contributed by atoms with Crippen molar-refractivity contribution in [2.45, 2.75) is 13.2 Å². The van der Waals surface area contributed by atoms with E-state index in [0.29, 0.717) is 18.2 Å². The molecule has 0 spiro atoms. The van der Waals surface area contributed by atoms with E-state index in [1.165, 1.54) is 0 Å². The van der Waals surface area contributed by atoms with Crippen LogP contribution < -0.4 is 10.1 Å². The largest absolute Gasteiger partial charge is 0.486 e. The molecule has 0 amide bonds. The standard InChI is InChI=1S/C20H15Br2Cl2NO/c21-17-9-13(11-25-16-7-5-15(23)6-8-16)10-18(22)20(17)26-12-14-3-1-2-4-19(14)24/h1-10,25H,11-12H2. The zero-order valence-corrected chi connectivity index (χ0v) is 18.3. The summed E-state index contributed by atoms with van der Waals surface area (Å²) in [5.74, 6) is 0.750. The second-order valence-corrected chi connectivity index (χ2v) is 8.18. The summed E-state index contributed by atoms with van der Waals surface area (Å²) in [6.07, 6.45) is 0. The molecule has 0 unspecified atom stereocenters. The predicted octanol–water partition coefficient (Wildman–Crippen LogP) is 7.71. The van der Waals surface area contributed by atoms with Gasteiger partial charge in [0.15, 0.2) is 0 Å². The van der Waals surface area contributed by atoms with Crippen molar-refractivity contribution in [1.29, 1.82) is 0 Å². The minimum Gasteiger partial charge on any atom is -0.486 e. The van der Waals surface area contributed by atoms with E-state index in [2.05, 4.69) is 37.2 Å². The highest BCUT2D eigenvalue weighted by molar-refractivity contribution is 9.11. The Balaban J connectivity index is 1.67. The molecule has 0 aromatic heterocycles. The first-order valence-electron chi connectivity index (χ1n) is 7.86. The summed E-state index contributed by atoms with van der Waals surface area (Å²) in [4.78, 5) is 0. The van der Waals surface area contributed by atoms with Crippen LogP contribution in [-0.2, 0) is 13.2 Å². The Labute approximate surface area is 179 Å². The number of halogens is 4. The lowest BCUT2D eigenvalue weighted by molar-refractivity contribution is 0.302. The average Bonchev–Trinajstić information content (AvgIpc) is 2.62. The van der Waals surface area contributed by atoms with Gasteiger partial charge in [-0.05, 0) is 79.9 Å². The molecular weight excluding hydrogens is 501 g/mol. The van der Waals surface area contributed by atoms with Crippen LogP contribution in [0.1, 0.15) is 11.1 Å². The molecule has 0 aliphatic carbocycles. The van der Waals surface area contributed by atoms with Crippen LogP contribution in [0.3, 0.4) is 0 Å². The molecule has 0 heterocycles. The highest BCUT2D eigenvalue weighted by Crippen LogP contribution is 2.36. The van der Waals surface area contributed by atoms with E-state index in [9.17, 15) is 0 Å². The first-order chi connectivity index (χ1) is 12.5. The molecule has 0 atom stereocenters. The first kappa shape index (κ1) is 19.6. The zero-order valence-electron chi connectivity index (χ0n) is 13.6. The first-order valence-corrected chi connectivity index (χ1v) is 10.2. The number of hydrogen-bond acceptors (Lipinski definition) is 2. The van der Waals surface area contributed by atoms with Crippen LogP contribution in [0.25, 0.3) is 0 Å². The molecule has 0 saturated carbocycles. The molecule has 6 heteroatoms. The second kappa shape index (κ2) is 9.14. The van der Waals surface area contributed by atoms with E-state index < -0.39 is 0 Å². The van der Waals surface area contributed by atoms with Gasteiger partial charge in [0.2, 0.25) is 0 Å². The van der Waals surface area contributed by atoms with Crippen LogP contribution >= 0.6 is 55.1 Å². The molecule has 3 rings (SSSR count). The number of ether oxygens (including phenoxy) is 1. The minimum absolute atomic E-state index is 0.402. The van der Waals surface area contributed by atoms with Crippen LogP contribution in [-0.4, -0.2) is 0 Å². The monoisotopic (exact) mass is 513 g/mol. The van der Waals surface area contributed by atoms with Gasteiger partial charge >= 0.3 is 0 Å². The molecule has 3 aromatic carbocycles. The third-order valence-corrected chi connectivity index (χ3v) is 5.53. The molecule has 0 fully saturated rings. The van der Waals surface area contributed by atoms with Gasteiger partial charge in [0, 0.05) is 27.8 Å². The molecule has 2 nitrogen and oxygen atoms in total. The van der Waals surface area contributed by atoms with Gasteiger partial charge < -0.3 is 10.1 Å². The van der Waals surface area contributed by atoms with Crippen molar-refractivity contribution in [3.63, 3.8) is 0 Å². The summed E-state index contributed by atoms with van der Waals surface area (Å²) in [5, 5.41) is 4.79. The minimum atomic E-state index is 0.402. The van der Waals surface area contributed by atoms with Gasteiger partial charge in [-0.1, -0.05) is 41.4 Å². The molecule has 26 heavy (non-hydrogen) atoms. The summed E-state index contributed by atoms with van der Waals surface area (Å²) < 4.78 is 7.71. The Morgan fingerprint density at radius 1 is 0.885 bits per heavy atom. The Morgan fingerprint density at radius 3 is 2.19 bits per heavy atom. The van der Waals surface area contributed by atoms with Crippen molar-refractivity contribution in [1.82, 2.24) is 0 Å². The van der Waals surface area contributed by atoms with Gasteiger partial charge in [0.1, 0.15) is 12.4 Å². The molecule has 0 radical (unpaired) electrons. The normalized spacial score (nSPS) is 10.6. The third-order valence-electron chi connectivity index (χ3n) is 3.73. The highest BCUT2D eigenvalue weighted by atomic mass is 79.9. The Morgan fingerprint density at radius 2 is 1.54 bits per heavy atom. The number of rotatable bonds is 6. The fourth-order valence-electron chi connectivity index (χ4n) is 2.39.